The summed E-state index contributed by atoms with van der Waals surface area (Å²) in [6, 6.07) is 15.2. The van der Waals surface area contributed by atoms with Crippen LogP contribution >= 0.6 is 28.1 Å². The quantitative estimate of drug-likeness (QED) is 0.621. The molecule has 0 spiro atoms. The third-order valence-corrected chi connectivity index (χ3v) is 3.29. The minimum absolute atomic E-state index is 0.0979. The Morgan fingerprint density at radius 2 is 1.59 bits per heavy atom. The van der Waals surface area contributed by atoms with Gasteiger partial charge in [-0.15, -0.1) is 0 Å². The number of hydrogen-bond acceptors (Lipinski definition) is 4. The Morgan fingerprint density at radius 3 is 2.23 bits per heavy atom. The molecule has 0 aromatic heterocycles. The van der Waals surface area contributed by atoms with E-state index in [0.717, 1.165) is 4.47 Å². The van der Waals surface area contributed by atoms with Gasteiger partial charge in [-0.3, -0.25) is 10.1 Å². The molecule has 22 heavy (non-hydrogen) atoms. The minimum atomic E-state index is -0.608. The van der Waals surface area contributed by atoms with Crippen molar-refractivity contribution in [3.8, 4) is 0 Å². The van der Waals surface area contributed by atoms with E-state index in [1.165, 1.54) is 0 Å². The van der Waals surface area contributed by atoms with Crippen LogP contribution in [0.1, 0.15) is 20.7 Å². The lowest BCUT2D eigenvalue weighted by Gasteiger charge is -2.09. The Kier molecular flexibility index (Phi) is 5.62. The second-order valence-electron chi connectivity index (χ2n) is 4.15. The zero-order chi connectivity index (χ0) is 15.9. The molecule has 5 nitrogen and oxygen atoms in total. The van der Waals surface area contributed by atoms with Crippen molar-refractivity contribution in [1.29, 1.82) is 0 Å². The van der Waals surface area contributed by atoms with Crippen LogP contribution < -0.4 is 10.8 Å². The highest BCUT2D eigenvalue weighted by Crippen LogP contribution is 2.10. The molecule has 2 aromatic carbocycles. The van der Waals surface area contributed by atoms with Gasteiger partial charge in [0.2, 0.25) is 5.11 Å². The fourth-order valence-corrected chi connectivity index (χ4v) is 1.93. The zero-order valence-corrected chi connectivity index (χ0v) is 13.6. The topological polar surface area (TPSA) is 67.4 Å². The lowest BCUT2D eigenvalue weighted by atomic mass is 10.2. The molecule has 0 bridgehead atoms. The van der Waals surface area contributed by atoms with E-state index in [1.54, 1.807) is 54.6 Å². The van der Waals surface area contributed by atoms with Crippen molar-refractivity contribution in [3.63, 3.8) is 0 Å². The van der Waals surface area contributed by atoms with E-state index in [1.807, 2.05) is 0 Å². The lowest BCUT2D eigenvalue weighted by Crippen LogP contribution is -2.40. The SMILES string of the molecule is O=C(NC(=S)NOC(=O)c1ccc(Br)cc1)c1ccccc1. The molecule has 2 N–H and O–H groups in total. The van der Waals surface area contributed by atoms with Crippen molar-refractivity contribution < 1.29 is 14.4 Å². The molecule has 0 unspecified atom stereocenters. The van der Waals surface area contributed by atoms with Crippen LogP contribution in [0.3, 0.4) is 0 Å². The van der Waals surface area contributed by atoms with Crippen LogP contribution in [-0.2, 0) is 4.84 Å². The van der Waals surface area contributed by atoms with E-state index in [9.17, 15) is 9.59 Å². The van der Waals surface area contributed by atoms with Crippen molar-refractivity contribution in [2.75, 3.05) is 0 Å². The molecule has 112 valence electrons. The van der Waals surface area contributed by atoms with Gasteiger partial charge in [0.05, 0.1) is 5.56 Å². The third-order valence-electron chi connectivity index (χ3n) is 2.58. The van der Waals surface area contributed by atoms with Crippen molar-refractivity contribution in [2.24, 2.45) is 0 Å². The summed E-state index contributed by atoms with van der Waals surface area (Å²) in [5.74, 6) is -0.999. The molecule has 0 aliphatic heterocycles. The fourth-order valence-electron chi connectivity index (χ4n) is 1.53. The van der Waals surface area contributed by atoms with E-state index in [4.69, 9.17) is 17.1 Å². The molecule has 0 aliphatic rings. The van der Waals surface area contributed by atoms with E-state index in [2.05, 4.69) is 26.7 Å². The standard InChI is InChI=1S/C15H11BrN2O3S/c16-12-8-6-11(7-9-12)14(20)21-18-15(22)17-13(19)10-4-2-1-3-5-10/h1-9H,(H2,17,18,19,22). The van der Waals surface area contributed by atoms with E-state index >= 15 is 0 Å². The number of thiocarbonyl (C=S) groups is 1. The maximum Gasteiger partial charge on any atom is 0.362 e. The molecular weight excluding hydrogens is 368 g/mol. The second kappa shape index (κ2) is 7.67. The van der Waals surface area contributed by atoms with Crippen LogP contribution in [0.15, 0.2) is 59.1 Å². The van der Waals surface area contributed by atoms with E-state index in [-0.39, 0.29) is 5.11 Å². The Morgan fingerprint density at radius 1 is 0.955 bits per heavy atom. The number of nitrogens with one attached hydrogen (secondary N) is 2. The Bertz CT molecular complexity index is 690. The molecule has 0 fully saturated rings. The largest absolute Gasteiger partial charge is 0.362 e. The van der Waals surface area contributed by atoms with Crippen LogP contribution in [0.25, 0.3) is 0 Å². The van der Waals surface area contributed by atoms with Gasteiger partial charge in [0.25, 0.3) is 5.91 Å². The summed E-state index contributed by atoms with van der Waals surface area (Å²) in [5.41, 5.74) is 3.04. The highest BCUT2D eigenvalue weighted by atomic mass is 79.9. The first kappa shape index (κ1) is 16.1. The second-order valence-corrected chi connectivity index (χ2v) is 5.47. The molecule has 0 saturated heterocycles. The lowest BCUT2D eigenvalue weighted by molar-refractivity contribution is 0.0383. The molecular formula is C15H11BrN2O3S. The number of halogens is 1. The van der Waals surface area contributed by atoms with Gasteiger partial charge in [-0.2, -0.15) is 5.48 Å². The molecule has 2 aromatic rings. The van der Waals surface area contributed by atoms with Crippen LogP contribution in [0.2, 0.25) is 0 Å². The van der Waals surface area contributed by atoms with Gasteiger partial charge in [-0.25, -0.2) is 4.79 Å². The van der Waals surface area contributed by atoms with Crippen LogP contribution in [-0.4, -0.2) is 17.0 Å². The van der Waals surface area contributed by atoms with Gasteiger partial charge in [0.15, 0.2) is 0 Å². The summed E-state index contributed by atoms with van der Waals surface area (Å²) in [4.78, 5) is 28.4. The van der Waals surface area contributed by atoms with Crippen molar-refractivity contribution in [2.45, 2.75) is 0 Å². The average Bonchev–Trinajstić information content (AvgIpc) is 2.54. The van der Waals surface area contributed by atoms with Gasteiger partial charge in [0, 0.05) is 10.0 Å². The first-order chi connectivity index (χ1) is 10.6. The molecule has 2 rings (SSSR count). The Hall–Kier alpha value is -2.25. The number of rotatable bonds is 2. The van der Waals surface area contributed by atoms with Gasteiger partial charge in [-0.1, -0.05) is 34.1 Å². The van der Waals surface area contributed by atoms with Gasteiger partial charge in [0.1, 0.15) is 0 Å². The van der Waals surface area contributed by atoms with Gasteiger partial charge >= 0.3 is 5.97 Å². The highest BCUT2D eigenvalue weighted by Gasteiger charge is 2.10. The summed E-state index contributed by atoms with van der Waals surface area (Å²) in [6.07, 6.45) is 0. The van der Waals surface area contributed by atoms with Crippen molar-refractivity contribution in [3.05, 3.63) is 70.2 Å². The number of benzene rings is 2. The van der Waals surface area contributed by atoms with E-state index in [0.29, 0.717) is 11.1 Å². The maximum atomic E-state index is 11.8. The summed E-state index contributed by atoms with van der Waals surface area (Å²) in [6.45, 7) is 0. The normalized spacial score (nSPS) is 9.68. The number of carbonyl (C=O) groups is 2. The van der Waals surface area contributed by atoms with Crippen LogP contribution in [0.4, 0.5) is 0 Å². The van der Waals surface area contributed by atoms with Crippen LogP contribution in [0.5, 0.6) is 0 Å². The molecule has 0 atom stereocenters. The monoisotopic (exact) mass is 378 g/mol. The predicted molar refractivity (Wildman–Crippen MR) is 89.2 cm³/mol. The Balaban J connectivity index is 1.84. The summed E-state index contributed by atoms with van der Waals surface area (Å²) < 4.78 is 0.850. The zero-order valence-electron chi connectivity index (χ0n) is 11.2. The summed E-state index contributed by atoms with van der Waals surface area (Å²) in [5, 5.41) is 2.31. The number of carbonyl (C=O) groups excluding carboxylic acids is 2. The van der Waals surface area contributed by atoms with Crippen molar-refractivity contribution in [1.82, 2.24) is 10.8 Å². The average molecular weight is 379 g/mol. The molecule has 0 saturated carbocycles. The molecule has 0 radical (unpaired) electrons. The minimum Gasteiger partial charge on any atom is -0.336 e. The number of hydroxylamine groups is 1. The molecule has 0 aliphatic carbocycles. The fraction of sp³-hybridized carbons (Fsp3) is 0. The number of hydrogen-bond donors (Lipinski definition) is 2. The van der Waals surface area contributed by atoms with E-state index < -0.39 is 11.9 Å². The first-order valence-corrected chi connectivity index (χ1v) is 7.39. The smallest absolute Gasteiger partial charge is 0.336 e. The maximum absolute atomic E-state index is 11.8. The van der Waals surface area contributed by atoms with Crippen LogP contribution in [0, 0.1) is 0 Å². The molecule has 7 heteroatoms. The molecule has 0 heterocycles. The Labute approximate surface area is 140 Å². The summed E-state index contributed by atoms with van der Waals surface area (Å²) in [7, 11) is 0. The third kappa shape index (κ3) is 4.64. The van der Waals surface area contributed by atoms with Gasteiger partial charge in [-0.05, 0) is 48.6 Å². The predicted octanol–water partition coefficient (Wildman–Crippen LogP) is 2.83. The number of amides is 1. The highest BCUT2D eigenvalue weighted by molar-refractivity contribution is 9.10. The first-order valence-electron chi connectivity index (χ1n) is 6.19. The van der Waals surface area contributed by atoms with Crippen molar-refractivity contribution >= 4 is 45.1 Å². The summed E-state index contributed by atoms with van der Waals surface area (Å²) >= 11 is 8.16. The molecule has 1 amide bonds. The van der Waals surface area contributed by atoms with Gasteiger partial charge < -0.3 is 4.84 Å².